The molecule has 3 nitrogen and oxygen atoms in total. The van der Waals surface area contributed by atoms with Crippen molar-refractivity contribution in [2.24, 2.45) is 0 Å². The fourth-order valence-electron chi connectivity index (χ4n) is 1.94. The van der Waals surface area contributed by atoms with Crippen LogP contribution >= 0.6 is 0 Å². The summed E-state index contributed by atoms with van der Waals surface area (Å²) in [5, 5.41) is 0. The molecule has 1 aromatic carbocycles. The Labute approximate surface area is 142 Å². The van der Waals surface area contributed by atoms with Crippen molar-refractivity contribution in [2.45, 2.75) is 63.6 Å². The van der Waals surface area contributed by atoms with E-state index in [2.05, 4.69) is 31.1 Å². The molecular formula is C18H28O3SSi. The molecule has 0 aliphatic heterocycles. The van der Waals surface area contributed by atoms with Crippen LogP contribution < -0.4 is 0 Å². The first-order chi connectivity index (χ1) is 10.7. The SMILES string of the molecule is Cc1ccc(S(=O)(=O)OCCCCCCC#C[Si](C)(C)C)cc1. The molecule has 0 amide bonds. The molecule has 0 fully saturated rings. The van der Waals surface area contributed by atoms with Crippen LogP contribution in [0.3, 0.4) is 0 Å². The standard InChI is InChI=1S/C18H28O3SSi/c1-17-11-13-18(14-12-17)22(19,20)21-15-9-7-5-6-8-10-16-23(2,3)4/h11-14H,5-9,15H2,1-4H3. The number of hydrogen-bond donors (Lipinski definition) is 0. The Balaban J connectivity index is 2.19. The quantitative estimate of drug-likeness (QED) is 0.299. The van der Waals surface area contributed by atoms with Gasteiger partial charge in [0, 0.05) is 6.42 Å². The van der Waals surface area contributed by atoms with Crippen LogP contribution in [0.15, 0.2) is 29.2 Å². The molecule has 0 N–H and O–H groups in total. The van der Waals surface area contributed by atoms with Crippen molar-refractivity contribution in [3.05, 3.63) is 29.8 Å². The molecule has 0 unspecified atom stereocenters. The minimum absolute atomic E-state index is 0.227. The molecule has 0 aromatic heterocycles. The first-order valence-corrected chi connectivity index (χ1v) is 13.1. The first kappa shape index (κ1) is 20.0. The van der Waals surface area contributed by atoms with Gasteiger partial charge in [-0.15, -0.1) is 11.5 Å². The third-order valence-corrected chi connectivity index (χ3v) is 5.46. The molecule has 0 aliphatic rings. The smallest absolute Gasteiger partial charge is 0.266 e. The average Bonchev–Trinajstić information content (AvgIpc) is 2.44. The second kappa shape index (κ2) is 9.26. The fraction of sp³-hybridized carbons (Fsp3) is 0.556. The molecule has 0 bridgehead atoms. The summed E-state index contributed by atoms with van der Waals surface area (Å²) in [5.74, 6) is 3.25. The van der Waals surface area contributed by atoms with E-state index in [-0.39, 0.29) is 11.5 Å². The Kier molecular flexibility index (Phi) is 8.04. The zero-order valence-corrected chi connectivity index (χ0v) is 16.5. The summed E-state index contributed by atoms with van der Waals surface area (Å²) in [5.41, 5.74) is 4.38. The van der Waals surface area contributed by atoms with Gasteiger partial charge in [-0.2, -0.15) is 8.42 Å². The van der Waals surface area contributed by atoms with Crippen LogP contribution in [0.5, 0.6) is 0 Å². The molecule has 5 heteroatoms. The second-order valence-electron chi connectivity index (χ2n) is 6.81. The van der Waals surface area contributed by atoms with E-state index in [1.807, 2.05) is 6.92 Å². The van der Waals surface area contributed by atoms with Gasteiger partial charge in [-0.3, -0.25) is 4.18 Å². The summed E-state index contributed by atoms with van der Waals surface area (Å²) in [6, 6.07) is 6.72. The van der Waals surface area contributed by atoms with Crippen LogP contribution in [0.2, 0.25) is 19.6 Å². The van der Waals surface area contributed by atoms with E-state index in [0.717, 1.165) is 37.7 Å². The van der Waals surface area contributed by atoms with E-state index < -0.39 is 18.2 Å². The number of aryl methyl sites for hydroxylation is 1. The normalized spacial score (nSPS) is 11.8. The zero-order valence-electron chi connectivity index (χ0n) is 14.7. The van der Waals surface area contributed by atoms with Gasteiger partial charge in [0.15, 0.2) is 0 Å². The molecule has 0 saturated heterocycles. The maximum absolute atomic E-state index is 12.0. The molecule has 0 radical (unpaired) electrons. The largest absolute Gasteiger partial charge is 0.296 e. The highest BCUT2D eigenvalue weighted by Gasteiger charge is 2.14. The number of unbranched alkanes of at least 4 members (excludes halogenated alkanes) is 4. The molecule has 0 aliphatic carbocycles. The summed E-state index contributed by atoms with van der Waals surface area (Å²) in [6.45, 7) is 8.89. The van der Waals surface area contributed by atoms with Crippen molar-refractivity contribution in [3.63, 3.8) is 0 Å². The van der Waals surface area contributed by atoms with Crippen LogP contribution in [0.1, 0.15) is 37.7 Å². The van der Waals surface area contributed by atoms with Crippen LogP contribution in [0, 0.1) is 18.4 Å². The van der Waals surface area contributed by atoms with E-state index in [1.54, 1.807) is 24.3 Å². The minimum Gasteiger partial charge on any atom is -0.266 e. The molecular weight excluding hydrogens is 324 g/mol. The Morgan fingerprint density at radius 1 is 1.00 bits per heavy atom. The average molecular weight is 353 g/mol. The van der Waals surface area contributed by atoms with Crippen molar-refractivity contribution >= 4 is 18.2 Å². The molecule has 0 heterocycles. The summed E-state index contributed by atoms with van der Waals surface area (Å²) in [7, 11) is -4.86. The van der Waals surface area contributed by atoms with Gasteiger partial charge in [0.1, 0.15) is 8.07 Å². The summed E-state index contributed by atoms with van der Waals surface area (Å²) in [6.07, 6.45) is 4.80. The lowest BCUT2D eigenvalue weighted by molar-refractivity contribution is 0.306. The van der Waals surface area contributed by atoms with Crippen molar-refractivity contribution in [2.75, 3.05) is 6.61 Å². The maximum atomic E-state index is 12.0. The summed E-state index contributed by atoms with van der Waals surface area (Å²) < 4.78 is 29.0. The zero-order chi connectivity index (χ0) is 17.3. The predicted octanol–water partition coefficient (Wildman–Crippen LogP) is 4.53. The third-order valence-electron chi connectivity index (χ3n) is 3.21. The number of rotatable bonds is 8. The van der Waals surface area contributed by atoms with Crippen molar-refractivity contribution in [1.29, 1.82) is 0 Å². The van der Waals surface area contributed by atoms with Crippen LogP contribution in [-0.4, -0.2) is 23.1 Å². The van der Waals surface area contributed by atoms with E-state index in [9.17, 15) is 8.42 Å². The lowest BCUT2D eigenvalue weighted by atomic mass is 10.1. The molecule has 128 valence electrons. The van der Waals surface area contributed by atoms with Crippen LogP contribution in [-0.2, 0) is 14.3 Å². The van der Waals surface area contributed by atoms with Gasteiger partial charge in [0.2, 0.25) is 0 Å². The molecule has 0 saturated carbocycles. The Bertz CT molecular complexity index is 632. The van der Waals surface area contributed by atoms with Gasteiger partial charge >= 0.3 is 0 Å². The second-order valence-corrected chi connectivity index (χ2v) is 13.2. The lowest BCUT2D eigenvalue weighted by Gasteiger charge is -2.06. The predicted molar refractivity (Wildman–Crippen MR) is 98.5 cm³/mol. The Hall–Kier alpha value is -1.09. The van der Waals surface area contributed by atoms with Gasteiger partial charge in [-0.05, 0) is 31.9 Å². The van der Waals surface area contributed by atoms with Gasteiger partial charge in [-0.25, -0.2) is 0 Å². The third kappa shape index (κ3) is 8.94. The first-order valence-electron chi connectivity index (χ1n) is 8.17. The van der Waals surface area contributed by atoms with E-state index in [0.29, 0.717) is 0 Å². The van der Waals surface area contributed by atoms with E-state index >= 15 is 0 Å². The van der Waals surface area contributed by atoms with Gasteiger partial charge < -0.3 is 0 Å². The summed E-state index contributed by atoms with van der Waals surface area (Å²) >= 11 is 0. The lowest BCUT2D eigenvalue weighted by Crippen LogP contribution is -2.16. The van der Waals surface area contributed by atoms with E-state index in [4.69, 9.17) is 4.18 Å². The molecule has 1 rings (SSSR count). The number of hydrogen-bond acceptors (Lipinski definition) is 3. The van der Waals surface area contributed by atoms with Crippen molar-refractivity contribution in [3.8, 4) is 11.5 Å². The Morgan fingerprint density at radius 2 is 1.61 bits per heavy atom. The monoisotopic (exact) mass is 352 g/mol. The van der Waals surface area contributed by atoms with Crippen molar-refractivity contribution in [1.82, 2.24) is 0 Å². The molecule has 0 atom stereocenters. The van der Waals surface area contributed by atoms with Crippen molar-refractivity contribution < 1.29 is 12.6 Å². The van der Waals surface area contributed by atoms with Crippen LogP contribution in [0.4, 0.5) is 0 Å². The molecule has 1 aromatic rings. The molecule has 0 spiro atoms. The fourth-order valence-corrected chi connectivity index (χ4v) is 3.54. The summed E-state index contributed by atoms with van der Waals surface area (Å²) in [4.78, 5) is 0.227. The number of benzene rings is 1. The van der Waals surface area contributed by atoms with E-state index in [1.165, 1.54) is 0 Å². The topological polar surface area (TPSA) is 43.4 Å². The molecule has 23 heavy (non-hydrogen) atoms. The highest BCUT2D eigenvalue weighted by molar-refractivity contribution is 7.86. The highest BCUT2D eigenvalue weighted by Crippen LogP contribution is 2.14. The van der Waals surface area contributed by atoms with Crippen LogP contribution in [0.25, 0.3) is 0 Å². The highest BCUT2D eigenvalue weighted by atomic mass is 32.2. The minimum atomic E-state index is -3.61. The van der Waals surface area contributed by atoms with Gasteiger partial charge in [-0.1, -0.05) is 50.2 Å². The maximum Gasteiger partial charge on any atom is 0.296 e. The Morgan fingerprint density at radius 3 is 2.22 bits per heavy atom. The van der Waals surface area contributed by atoms with Gasteiger partial charge in [0.25, 0.3) is 10.1 Å². The van der Waals surface area contributed by atoms with Gasteiger partial charge in [0.05, 0.1) is 11.5 Å².